The molecule has 3 aromatic carbocycles. The van der Waals surface area contributed by atoms with E-state index in [-0.39, 0.29) is 83.0 Å². The number of halogens is 3. The van der Waals surface area contributed by atoms with Crippen LogP contribution >= 0.6 is 0 Å². The lowest BCUT2D eigenvalue weighted by molar-refractivity contribution is -0.145. The van der Waals surface area contributed by atoms with Gasteiger partial charge in [-0.1, -0.05) is 123 Å². The standard InChI is InChI=1S/C65H96F3N3O9Si3/c1-61(2,3)77-60(74)70-42-55(59(73)71-50-33-32-48-41-69-37-36-47(48)38-50)46-30-28-45(29-31-46)43-76-58(72)27-22-20-19-21-26-53-54(57(80-83(17,18)64(10,11)12)40-56(53)79-82(15,16)63(7,8)9)35-34-52(78-81(13,14)62(4,5)6)44-75-51-25-23-24-49(39-51)65(66,67)68/h19,21,23-25,28-39,41,52-57H,20,22,26-27,40,42-44H2,1-18H3,(H,70,74)(H,71,73)/t52-,53-,54-,55?,56+,57-/m1/s1. The molecule has 18 heteroatoms. The largest absolute Gasteiger partial charge is 0.491 e. The molecule has 5 rings (SSSR count). The van der Waals surface area contributed by atoms with E-state index in [4.69, 9.17) is 27.5 Å². The summed E-state index contributed by atoms with van der Waals surface area (Å²) in [6, 6.07) is 19.6. The van der Waals surface area contributed by atoms with E-state index in [0.29, 0.717) is 36.9 Å². The molecule has 0 bridgehead atoms. The van der Waals surface area contributed by atoms with Crippen molar-refractivity contribution in [2.45, 2.75) is 212 Å². The van der Waals surface area contributed by atoms with Crippen LogP contribution in [0.1, 0.15) is 138 Å². The van der Waals surface area contributed by atoms with Gasteiger partial charge in [-0.05, 0) is 160 Å². The van der Waals surface area contributed by atoms with Crippen molar-refractivity contribution in [3.8, 4) is 5.75 Å². The fourth-order valence-corrected chi connectivity index (χ4v) is 13.0. The number of unbranched alkanes of at least 4 members (excludes halogenated alkanes) is 1. The molecule has 1 aliphatic rings. The minimum absolute atomic E-state index is 0.0163. The van der Waals surface area contributed by atoms with Crippen molar-refractivity contribution in [3.05, 3.63) is 126 Å². The monoisotopic (exact) mass is 1200 g/mol. The average Bonchev–Trinajstić information content (AvgIpc) is 3.31. The third-order valence-electron chi connectivity index (χ3n) is 16.9. The van der Waals surface area contributed by atoms with Crippen molar-refractivity contribution in [3.63, 3.8) is 0 Å². The molecule has 0 aliphatic heterocycles. The lowest BCUT2D eigenvalue weighted by Crippen LogP contribution is -2.45. The number of hydrogen-bond donors (Lipinski definition) is 2. The number of anilines is 1. The number of alkyl carbamates (subject to hydrolysis) is 1. The van der Waals surface area contributed by atoms with Gasteiger partial charge in [-0.2, -0.15) is 13.2 Å². The van der Waals surface area contributed by atoms with Crippen molar-refractivity contribution in [1.82, 2.24) is 10.3 Å². The molecule has 12 nitrogen and oxygen atoms in total. The van der Waals surface area contributed by atoms with E-state index < -0.39 is 60.4 Å². The Labute approximate surface area is 496 Å². The topological polar surface area (TPSA) is 144 Å². The van der Waals surface area contributed by atoms with Crippen LogP contribution in [0.4, 0.5) is 23.7 Å². The first kappa shape index (κ1) is 68.7. The molecule has 1 heterocycles. The smallest absolute Gasteiger partial charge is 0.416 e. The first-order chi connectivity index (χ1) is 38.2. The summed E-state index contributed by atoms with van der Waals surface area (Å²) in [4.78, 5) is 43.8. The molecule has 1 unspecified atom stereocenters. The maximum atomic E-state index is 13.8. The summed E-state index contributed by atoms with van der Waals surface area (Å²) in [6.07, 6.45) is 8.94. The number of aromatic nitrogens is 1. The minimum Gasteiger partial charge on any atom is -0.491 e. The molecule has 6 atom stereocenters. The number of carbonyl (C=O) groups is 3. The van der Waals surface area contributed by atoms with Gasteiger partial charge >= 0.3 is 18.2 Å². The highest BCUT2D eigenvalue weighted by atomic mass is 28.4. The van der Waals surface area contributed by atoms with Gasteiger partial charge in [0, 0.05) is 42.4 Å². The molecule has 1 fully saturated rings. The molecule has 1 saturated carbocycles. The Kier molecular flexibility index (Phi) is 23.1. The van der Waals surface area contributed by atoms with E-state index in [1.165, 1.54) is 6.07 Å². The van der Waals surface area contributed by atoms with Crippen LogP contribution < -0.4 is 15.4 Å². The van der Waals surface area contributed by atoms with Gasteiger partial charge in [-0.3, -0.25) is 14.6 Å². The first-order valence-corrected chi connectivity index (χ1v) is 38.0. The molecule has 0 radical (unpaired) electrons. The summed E-state index contributed by atoms with van der Waals surface area (Å²) in [5.41, 5.74) is 0.516. The molecule has 0 saturated heterocycles. The third-order valence-corrected chi connectivity index (χ3v) is 30.4. The summed E-state index contributed by atoms with van der Waals surface area (Å²) in [7, 11) is -7.01. The maximum absolute atomic E-state index is 13.8. The summed E-state index contributed by atoms with van der Waals surface area (Å²) in [5, 5.41) is 7.36. The van der Waals surface area contributed by atoms with Gasteiger partial charge < -0.3 is 38.1 Å². The van der Waals surface area contributed by atoms with Crippen LogP contribution in [0.15, 0.2) is 109 Å². The second-order valence-corrected chi connectivity index (χ2v) is 42.1. The zero-order chi connectivity index (χ0) is 62.0. The van der Waals surface area contributed by atoms with Crippen LogP contribution in [0.2, 0.25) is 54.4 Å². The van der Waals surface area contributed by atoms with E-state index in [1.807, 2.05) is 36.4 Å². The second kappa shape index (κ2) is 27.9. The van der Waals surface area contributed by atoms with Gasteiger partial charge in [0.05, 0.1) is 29.8 Å². The van der Waals surface area contributed by atoms with Crippen LogP contribution in [0.5, 0.6) is 5.75 Å². The number of alkyl halides is 3. The van der Waals surface area contributed by atoms with Gasteiger partial charge in [0.2, 0.25) is 5.91 Å². The normalized spacial score (nSPS) is 18.6. The van der Waals surface area contributed by atoms with E-state index >= 15 is 0 Å². The molecule has 4 aromatic rings. The Morgan fingerprint density at radius 2 is 1.39 bits per heavy atom. The first-order valence-electron chi connectivity index (χ1n) is 29.3. The van der Waals surface area contributed by atoms with Gasteiger partial charge in [0.25, 0.3) is 0 Å². The van der Waals surface area contributed by atoms with Crippen LogP contribution in [-0.4, -0.2) is 85.0 Å². The van der Waals surface area contributed by atoms with E-state index in [0.717, 1.165) is 28.5 Å². The fourth-order valence-electron chi connectivity index (χ4n) is 8.98. The highest BCUT2D eigenvalue weighted by molar-refractivity contribution is 6.75. The van der Waals surface area contributed by atoms with E-state index in [9.17, 15) is 27.6 Å². The summed E-state index contributed by atoms with van der Waals surface area (Å²) in [6.45, 7) is 38.8. The van der Waals surface area contributed by atoms with Crippen molar-refractivity contribution in [2.75, 3.05) is 18.5 Å². The Bertz CT molecular complexity index is 2850. The third kappa shape index (κ3) is 20.5. The lowest BCUT2D eigenvalue weighted by Gasteiger charge is -2.40. The maximum Gasteiger partial charge on any atom is 0.416 e. The van der Waals surface area contributed by atoms with Crippen molar-refractivity contribution >= 4 is 59.4 Å². The molecule has 458 valence electrons. The quantitative estimate of drug-likeness (QED) is 0.0301. The number of ether oxygens (including phenoxy) is 3. The van der Waals surface area contributed by atoms with Crippen LogP contribution in [0, 0.1) is 11.8 Å². The zero-order valence-electron chi connectivity index (χ0n) is 52.8. The molecular weight excluding hydrogens is 1110 g/mol. The molecule has 1 aliphatic carbocycles. The van der Waals surface area contributed by atoms with Crippen molar-refractivity contribution in [2.24, 2.45) is 11.8 Å². The van der Waals surface area contributed by atoms with Gasteiger partial charge in [0.1, 0.15) is 24.6 Å². The highest BCUT2D eigenvalue weighted by Crippen LogP contribution is 2.48. The Morgan fingerprint density at radius 3 is 2.00 bits per heavy atom. The number of nitrogens with one attached hydrogen (secondary N) is 2. The second-order valence-electron chi connectivity index (χ2n) is 27.8. The zero-order valence-corrected chi connectivity index (χ0v) is 55.8. The molecule has 83 heavy (non-hydrogen) atoms. The van der Waals surface area contributed by atoms with Crippen molar-refractivity contribution in [1.29, 1.82) is 0 Å². The lowest BCUT2D eigenvalue weighted by atomic mass is 9.89. The van der Waals surface area contributed by atoms with Crippen molar-refractivity contribution < 1.29 is 55.0 Å². The van der Waals surface area contributed by atoms with Gasteiger partial charge in [-0.15, -0.1) is 0 Å². The van der Waals surface area contributed by atoms with Crippen LogP contribution in [0.25, 0.3) is 10.8 Å². The summed E-state index contributed by atoms with van der Waals surface area (Å²) in [5.74, 6) is -1.35. The number of hydrogen-bond acceptors (Lipinski definition) is 10. The number of amides is 2. The molecule has 2 N–H and O–H groups in total. The number of benzene rings is 3. The number of esters is 1. The van der Waals surface area contributed by atoms with E-state index in [2.05, 4.69) is 142 Å². The molecule has 2 amide bonds. The fraction of sp³-hybridized carbons (Fsp3) is 0.569. The molecular formula is C65H96F3N3O9Si3. The predicted octanol–water partition coefficient (Wildman–Crippen LogP) is 17.1. The number of nitrogens with zero attached hydrogens (tertiary/aromatic N) is 1. The van der Waals surface area contributed by atoms with Gasteiger partial charge in [0.15, 0.2) is 25.0 Å². The summed E-state index contributed by atoms with van der Waals surface area (Å²) < 4.78 is 80.3. The van der Waals surface area contributed by atoms with Crippen LogP contribution in [-0.2, 0) is 45.1 Å². The number of rotatable bonds is 24. The number of fused-ring (bicyclic) bond motifs is 1. The Balaban J connectivity index is 1.30. The van der Waals surface area contributed by atoms with Gasteiger partial charge in [-0.25, -0.2) is 4.79 Å². The summed E-state index contributed by atoms with van der Waals surface area (Å²) >= 11 is 0. The average molecular weight is 1200 g/mol. The highest BCUT2D eigenvalue weighted by Gasteiger charge is 2.51. The number of pyridine rings is 1. The molecule has 1 aromatic heterocycles. The Morgan fingerprint density at radius 1 is 0.747 bits per heavy atom. The van der Waals surface area contributed by atoms with Crippen LogP contribution in [0.3, 0.4) is 0 Å². The van der Waals surface area contributed by atoms with E-state index in [1.54, 1.807) is 51.4 Å². The predicted molar refractivity (Wildman–Crippen MR) is 335 cm³/mol. The Hall–Kier alpha value is -5.12. The molecule has 0 spiro atoms. The minimum atomic E-state index is -4.51. The number of carbonyl (C=O) groups excluding carboxylic acids is 3. The SMILES string of the molecule is CC(C)(C)OC(=O)NCC(C(=O)Nc1ccc2cnccc2c1)c1ccc(COC(=O)CCCC=CC[C@@H]2[C@@H](C=C[C@H](COc3cccc(C(F)(F)F)c3)O[Si](C)(C)C(C)(C)C)[C@H](O[Si](C)(C)C(C)(C)C)C[C@@H]2O[Si](C)(C)C(C)(C)C)cc1. The number of allylic oxidation sites excluding steroid dienone is 2.